The highest BCUT2D eigenvalue weighted by molar-refractivity contribution is 7.99. The first-order chi connectivity index (χ1) is 9.29. The summed E-state index contributed by atoms with van der Waals surface area (Å²) in [5.74, 6) is 1.12. The number of benzene rings is 2. The van der Waals surface area contributed by atoms with E-state index in [9.17, 15) is 4.39 Å². The molecular formula is C16H18FNS. The summed E-state index contributed by atoms with van der Waals surface area (Å²) in [6.45, 7) is 0.598. The summed E-state index contributed by atoms with van der Waals surface area (Å²) in [6, 6.07) is 17.0. The van der Waals surface area contributed by atoms with Crippen molar-refractivity contribution < 1.29 is 4.39 Å². The van der Waals surface area contributed by atoms with E-state index in [0.29, 0.717) is 12.5 Å². The molecule has 1 unspecified atom stereocenters. The van der Waals surface area contributed by atoms with Crippen LogP contribution in [0.4, 0.5) is 4.39 Å². The predicted octanol–water partition coefficient (Wildman–Crippen LogP) is 4.05. The van der Waals surface area contributed by atoms with Gasteiger partial charge in [-0.25, -0.2) is 4.39 Å². The Bertz CT molecular complexity index is 484. The maximum absolute atomic E-state index is 12.9. The van der Waals surface area contributed by atoms with Gasteiger partial charge in [0.2, 0.25) is 0 Å². The summed E-state index contributed by atoms with van der Waals surface area (Å²) in [4.78, 5) is 1.28. The highest BCUT2D eigenvalue weighted by Gasteiger charge is 2.09. The lowest BCUT2D eigenvalue weighted by Crippen LogP contribution is -2.13. The average Bonchev–Trinajstić information content (AvgIpc) is 2.46. The molecule has 0 spiro atoms. The SMILES string of the molecule is NCC(CCSc1ccccc1)c1ccc(F)cc1. The van der Waals surface area contributed by atoms with Crippen molar-refractivity contribution in [3.63, 3.8) is 0 Å². The van der Waals surface area contributed by atoms with Gasteiger partial charge < -0.3 is 5.73 Å². The fourth-order valence-corrected chi connectivity index (χ4v) is 2.98. The van der Waals surface area contributed by atoms with Crippen LogP contribution in [0.25, 0.3) is 0 Å². The van der Waals surface area contributed by atoms with Gasteiger partial charge in [0.15, 0.2) is 0 Å². The summed E-state index contributed by atoms with van der Waals surface area (Å²) in [5, 5.41) is 0. The zero-order valence-corrected chi connectivity index (χ0v) is 11.6. The Morgan fingerprint density at radius 1 is 1.00 bits per heavy atom. The van der Waals surface area contributed by atoms with Gasteiger partial charge in [0, 0.05) is 4.90 Å². The van der Waals surface area contributed by atoms with Crippen LogP contribution in [0.15, 0.2) is 59.5 Å². The Morgan fingerprint density at radius 2 is 1.68 bits per heavy atom. The Balaban J connectivity index is 1.87. The summed E-state index contributed by atoms with van der Waals surface area (Å²) in [6.07, 6.45) is 1.00. The first kappa shape index (κ1) is 14.1. The van der Waals surface area contributed by atoms with Crippen molar-refractivity contribution in [1.29, 1.82) is 0 Å². The van der Waals surface area contributed by atoms with Crippen LogP contribution in [0.1, 0.15) is 17.9 Å². The van der Waals surface area contributed by atoms with Crippen molar-refractivity contribution in [3.05, 3.63) is 66.0 Å². The monoisotopic (exact) mass is 275 g/mol. The number of hydrogen-bond donors (Lipinski definition) is 1. The third kappa shape index (κ3) is 4.37. The normalized spacial score (nSPS) is 12.3. The molecule has 0 bridgehead atoms. The quantitative estimate of drug-likeness (QED) is 0.805. The van der Waals surface area contributed by atoms with Crippen LogP contribution < -0.4 is 5.73 Å². The number of hydrogen-bond acceptors (Lipinski definition) is 2. The van der Waals surface area contributed by atoms with Crippen molar-refractivity contribution in [2.75, 3.05) is 12.3 Å². The van der Waals surface area contributed by atoms with Crippen LogP contribution in [0.3, 0.4) is 0 Å². The smallest absolute Gasteiger partial charge is 0.123 e. The summed E-state index contributed by atoms with van der Waals surface area (Å²) >= 11 is 1.83. The average molecular weight is 275 g/mol. The molecular weight excluding hydrogens is 257 g/mol. The lowest BCUT2D eigenvalue weighted by molar-refractivity contribution is 0.622. The molecule has 1 atom stereocenters. The highest BCUT2D eigenvalue weighted by Crippen LogP contribution is 2.24. The zero-order chi connectivity index (χ0) is 13.5. The third-order valence-electron chi connectivity index (χ3n) is 3.10. The van der Waals surface area contributed by atoms with Gasteiger partial charge in [0.1, 0.15) is 5.82 Å². The van der Waals surface area contributed by atoms with Gasteiger partial charge in [-0.2, -0.15) is 0 Å². The number of thioether (sulfide) groups is 1. The largest absolute Gasteiger partial charge is 0.330 e. The molecule has 2 N–H and O–H groups in total. The third-order valence-corrected chi connectivity index (χ3v) is 4.15. The van der Waals surface area contributed by atoms with Crippen LogP contribution in [0.2, 0.25) is 0 Å². The van der Waals surface area contributed by atoms with E-state index < -0.39 is 0 Å². The van der Waals surface area contributed by atoms with Gasteiger partial charge in [-0.3, -0.25) is 0 Å². The molecule has 0 saturated heterocycles. The molecule has 19 heavy (non-hydrogen) atoms. The summed E-state index contributed by atoms with van der Waals surface area (Å²) in [7, 11) is 0. The maximum atomic E-state index is 12.9. The van der Waals surface area contributed by atoms with E-state index in [1.807, 2.05) is 42.1 Å². The molecule has 0 fully saturated rings. The van der Waals surface area contributed by atoms with Crippen molar-refractivity contribution in [2.45, 2.75) is 17.2 Å². The fraction of sp³-hybridized carbons (Fsp3) is 0.250. The molecule has 2 aromatic rings. The Labute approximate surface area is 118 Å². The van der Waals surface area contributed by atoms with Crippen LogP contribution in [0, 0.1) is 5.82 Å². The molecule has 2 aromatic carbocycles. The predicted molar refractivity (Wildman–Crippen MR) is 80.0 cm³/mol. The van der Waals surface area contributed by atoms with Crippen LogP contribution in [-0.4, -0.2) is 12.3 Å². The Morgan fingerprint density at radius 3 is 2.32 bits per heavy atom. The van der Waals surface area contributed by atoms with E-state index in [2.05, 4.69) is 12.1 Å². The molecule has 0 aliphatic heterocycles. The molecule has 2 rings (SSSR count). The molecule has 0 amide bonds. The second-order valence-electron chi connectivity index (χ2n) is 4.43. The topological polar surface area (TPSA) is 26.0 Å². The summed E-state index contributed by atoms with van der Waals surface area (Å²) in [5.41, 5.74) is 6.94. The zero-order valence-electron chi connectivity index (χ0n) is 10.8. The maximum Gasteiger partial charge on any atom is 0.123 e. The van der Waals surface area contributed by atoms with Gasteiger partial charge >= 0.3 is 0 Å². The Hall–Kier alpha value is -1.32. The molecule has 0 saturated carbocycles. The van der Waals surface area contributed by atoms with Crippen molar-refractivity contribution in [1.82, 2.24) is 0 Å². The van der Waals surface area contributed by atoms with Crippen LogP contribution in [0.5, 0.6) is 0 Å². The van der Waals surface area contributed by atoms with Gasteiger partial charge in [0.25, 0.3) is 0 Å². The van der Waals surface area contributed by atoms with E-state index in [-0.39, 0.29) is 5.82 Å². The first-order valence-corrected chi connectivity index (χ1v) is 7.41. The van der Waals surface area contributed by atoms with E-state index >= 15 is 0 Å². The molecule has 0 heterocycles. The highest BCUT2D eigenvalue weighted by atomic mass is 32.2. The molecule has 100 valence electrons. The molecule has 0 radical (unpaired) electrons. The molecule has 0 aliphatic carbocycles. The van der Waals surface area contributed by atoms with Crippen molar-refractivity contribution in [3.8, 4) is 0 Å². The standard InChI is InChI=1S/C16H18FNS/c17-15-8-6-13(7-9-15)14(12-18)10-11-19-16-4-2-1-3-5-16/h1-9,14H,10-12,18H2. The van der Waals surface area contributed by atoms with E-state index in [1.165, 1.54) is 17.0 Å². The number of halogens is 1. The minimum Gasteiger partial charge on any atom is -0.330 e. The van der Waals surface area contributed by atoms with E-state index in [0.717, 1.165) is 17.7 Å². The molecule has 3 heteroatoms. The Kier molecular flexibility index (Phi) is 5.43. The van der Waals surface area contributed by atoms with Gasteiger partial charge in [-0.15, -0.1) is 11.8 Å². The second-order valence-corrected chi connectivity index (χ2v) is 5.60. The molecule has 0 aliphatic rings. The van der Waals surface area contributed by atoms with E-state index in [1.54, 1.807) is 0 Å². The first-order valence-electron chi connectivity index (χ1n) is 6.43. The molecule has 1 nitrogen and oxygen atoms in total. The lowest BCUT2D eigenvalue weighted by atomic mass is 9.97. The van der Waals surface area contributed by atoms with Gasteiger partial charge in [-0.05, 0) is 54.5 Å². The van der Waals surface area contributed by atoms with E-state index in [4.69, 9.17) is 5.73 Å². The minimum absolute atomic E-state index is 0.196. The van der Waals surface area contributed by atoms with Crippen LogP contribution >= 0.6 is 11.8 Å². The second kappa shape index (κ2) is 7.31. The van der Waals surface area contributed by atoms with Crippen molar-refractivity contribution in [2.24, 2.45) is 5.73 Å². The number of rotatable bonds is 6. The van der Waals surface area contributed by atoms with Gasteiger partial charge in [-0.1, -0.05) is 30.3 Å². The summed E-state index contributed by atoms with van der Waals surface area (Å²) < 4.78 is 12.9. The number of nitrogens with two attached hydrogens (primary N) is 1. The fourth-order valence-electron chi connectivity index (χ4n) is 1.99. The van der Waals surface area contributed by atoms with Crippen molar-refractivity contribution >= 4 is 11.8 Å². The molecule has 0 aromatic heterocycles. The minimum atomic E-state index is -0.196. The lowest BCUT2D eigenvalue weighted by Gasteiger charge is -2.14. The van der Waals surface area contributed by atoms with Crippen LogP contribution in [-0.2, 0) is 0 Å². The van der Waals surface area contributed by atoms with Gasteiger partial charge in [0.05, 0.1) is 0 Å².